The van der Waals surface area contributed by atoms with Crippen LogP contribution >= 0.6 is 0 Å². The van der Waals surface area contributed by atoms with E-state index in [1.807, 2.05) is 90.9 Å². The van der Waals surface area contributed by atoms with Gasteiger partial charge in [0.2, 0.25) is 23.6 Å². The quantitative estimate of drug-likeness (QED) is 0.0620. The SMILES string of the molecule is CCOC(=O)/C(C)=C/C(C(C)C)N(C)C(=O)C(NC(=O)C(NC)C(C)(C)c1cccc(NC(=O)C(C)NC(=O)C(NC(=O)OCC2c3ccccc3-c3ccccc32)C(C)C)c1)C(C)(C)C. The highest BCUT2D eigenvalue weighted by Crippen LogP contribution is 2.44. The standard InChI is InChI=1S/C52H72N6O8/c1-15-65-49(63)32(6)27-41(30(2)3)58(14)48(62)44(51(8,9)10)57-47(61)43(53-13)52(11,12)34-21-20-22-35(28-34)55-45(59)33(7)54-46(60)42(31(4)5)56-50(64)66-29-40-38-25-18-16-23-36(38)37-24-17-19-26-39(37)40/h16-28,30-31,33,40-44,53H,15,29H2,1-14H3,(H,54,60)(H,55,59)(H,56,64)(H,57,61)/b32-27+. The summed E-state index contributed by atoms with van der Waals surface area (Å²) >= 11 is 0. The zero-order valence-electron chi connectivity index (χ0n) is 41.3. The van der Waals surface area contributed by atoms with E-state index in [1.54, 1.807) is 77.9 Å². The Balaban J connectivity index is 1.41. The van der Waals surface area contributed by atoms with E-state index in [9.17, 15) is 28.8 Å². The average molecular weight is 909 g/mol. The molecule has 5 unspecified atom stereocenters. The van der Waals surface area contributed by atoms with Gasteiger partial charge >= 0.3 is 12.1 Å². The van der Waals surface area contributed by atoms with Crippen molar-refractivity contribution in [3.05, 3.63) is 101 Å². The topological polar surface area (TPSA) is 184 Å². The van der Waals surface area contributed by atoms with Gasteiger partial charge in [0, 0.05) is 29.6 Å². The molecule has 0 saturated carbocycles. The van der Waals surface area contributed by atoms with Gasteiger partial charge in [-0.15, -0.1) is 0 Å². The first-order valence-corrected chi connectivity index (χ1v) is 22.9. The molecular weight excluding hydrogens is 837 g/mol. The summed E-state index contributed by atoms with van der Waals surface area (Å²) in [5.41, 5.74) is 4.34. The van der Waals surface area contributed by atoms with Crippen LogP contribution in [-0.2, 0) is 38.9 Å². The number of esters is 1. The van der Waals surface area contributed by atoms with E-state index in [0.717, 1.165) is 22.3 Å². The van der Waals surface area contributed by atoms with Crippen molar-refractivity contribution in [1.29, 1.82) is 0 Å². The largest absolute Gasteiger partial charge is 0.463 e. The van der Waals surface area contributed by atoms with Gasteiger partial charge in [-0.05, 0) is 85.0 Å². The molecule has 0 fully saturated rings. The van der Waals surface area contributed by atoms with E-state index in [-0.39, 0.29) is 36.9 Å². The molecule has 3 aromatic rings. The van der Waals surface area contributed by atoms with E-state index in [1.165, 1.54) is 0 Å². The van der Waals surface area contributed by atoms with Crippen LogP contribution in [0.3, 0.4) is 0 Å². The Hall–Kier alpha value is -6.02. The molecule has 0 heterocycles. The molecule has 4 rings (SSSR count). The third kappa shape index (κ3) is 12.7. The van der Waals surface area contributed by atoms with E-state index in [0.29, 0.717) is 16.8 Å². The molecule has 0 radical (unpaired) electrons. The minimum absolute atomic E-state index is 0.0497. The number of likely N-dealkylation sites (N-methyl/N-ethyl adjacent to an activating group) is 2. The second kappa shape index (κ2) is 22.4. The number of hydrogen-bond donors (Lipinski definition) is 5. The number of carbonyl (C=O) groups excluding carboxylic acids is 6. The number of rotatable bonds is 19. The summed E-state index contributed by atoms with van der Waals surface area (Å²) in [6.45, 7) is 22.2. The number of alkyl carbamates (subject to hydrolysis) is 1. The van der Waals surface area contributed by atoms with Crippen LogP contribution in [0, 0.1) is 17.3 Å². The van der Waals surface area contributed by atoms with Crippen molar-refractivity contribution in [2.24, 2.45) is 17.3 Å². The van der Waals surface area contributed by atoms with E-state index < -0.39 is 70.8 Å². The molecule has 0 aromatic heterocycles. The van der Waals surface area contributed by atoms with Gasteiger partial charge in [-0.3, -0.25) is 19.2 Å². The molecule has 5 N–H and O–H groups in total. The van der Waals surface area contributed by atoms with Crippen molar-refractivity contribution in [3.63, 3.8) is 0 Å². The zero-order valence-corrected chi connectivity index (χ0v) is 41.3. The minimum Gasteiger partial charge on any atom is -0.463 e. The lowest BCUT2D eigenvalue weighted by atomic mass is 9.76. The Bertz CT molecular complexity index is 2220. The molecule has 0 spiro atoms. The maximum Gasteiger partial charge on any atom is 0.407 e. The number of carbonyl (C=O) groups is 6. The lowest BCUT2D eigenvalue weighted by Gasteiger charge is -2.40. The summed E-state index contributed by atoms with van der Waals surface area (Å²) < 4.78 is 10.9. The van der Waals surface area contributed by atoms with Gasteiger partial charge in [0.05, 0.1) is 18.7 Å². The van der Waals surface area contributed by atoms with Gasteiger partial charge in [0.25, 0.3) is 0 Å². The molecule has 14 nitrogen and oxygen atoms in total. The summed E-state index contributed by atoms with van der Waals surface area (Å²) in [6, 6.07) is 19.0. The third-order valence-electron chi connectivity index (χ3n) is 12.4. The predicted octanol–water partition coefficient (Wildman–Crippen LogP) is 7.08. The molecule has 66 heavy (non-hydrogen) atoms. The molecule has 1 aliphatic rings. The second-order valence-electron chi connectivity index (χ2n) is 19.5. The summed E-state index contributed by atoms with van der Waals surface area (Å²) in [5.74, 6) is -2.72. The van der Waals surface area contributed by atoms with Crippen LogP contribution in [0.25, 0.3) is 11.1 Å². The van der Waals surface area contributed by atoms with Crippen molar-refractivity contribution >= 4 is 41.4 Å². The molecule has 3 aromatic carbocycles. The smallest absolute Gasteiger partial charge is 0.407 e. The Labute approximate surface area is 391 Å². The number of amides is 5. The number of benzene rings is 3. The fourth-order valence-electron chi connectivity index (χ4n) is 8.45. The van der Waals surface area contributed by atoms with Crippen LogP contribution in [0.4, 0.5) is 10.5 Å². The van der Waals surface area contributed by atoms with E-state index >= 15 is 0 Å². The van der Waals surface area contributed by atoms with Crippen LogP contribution in [0.2, 0.25) is 0 Å². The second-order valence-corrected chi connectivity index (χ2v) is 19.5. The molecular formula is C52H72N6O8. The third-order valence-corrected chi connectivity index (χ3v) is 12.4. The summed E-state index contributed by atoms with van der Waals surface area (Å²) in [5, 5.41) is 14.5. The Kier molecular flexibility index (Phi) is 17.9. The van der Waals surface area contributed by atoms with Crippen molar-refractivity contribution in [2.75, 3.05) is 32.6 Å². The fourth-order valence-corrected chi connectivity index (χ4v) is 8.45. The van der Waals surface area contributed by atoms with Crippen molar-refractivity contribution < 1.29 is 38.2 Å². The van der Waals surface area contributed by atoms with Crippen LogP contribution in [-0.4, -0.2) is 98.1 Å². The molecule has 0 bridgehead atoms. The van der Waals surface area contributed by atoms with Crippen molar-refractivity contribution in [2.45, 2.75) is 125 Å². The molecule has 5 amide bonds. The van der Waals surface area contributed by atoms with Crippen molar-refractivity contribution in [3.8, 4) is 11.1 Å². The molecule has 14 heteroatoms. The van der Waals surface area contributed by atoms with Crippen molar-refractivity contribution in [1.82, 2.24) is 26.2 Å². The van der Waals surface area contributed by atoms with E-state index in [4.69, 9.17) is 9.47 Å². The average Bonchev–Trinajstić information content (AvgIpc) is 3.58. The number of fused-ring (bicyclic) bond motifs is 3. The number of ether oxygens (including phenoxy) is 2. The first kappa shape index (κ1) is 52.6. The lowest BCUT2D eigenvalue weighted by Crippen LogP contribution is -2.61. The maximum atomic E-state index is 14.3. The van der Waals surface area contributed by atoms with Gasteiger partial charge < -0.3 is 41.0 Å². The molecule has 1 aliphatic carbocycles. The summed E-state index contributed by atoms with van der Waals surface area (Å²) in [7, 11) is 3.35. The number of hydrogen-bond acceptors (Lipinski definition) is 9. The predicted molar refractivity (Wildman–Crippen MR) is 259 cm³/mol. The Morgan fingerprint density at radius 1 is 0.727 bits per heavy atom. The van der Waals surface area contributed by atoms with Gasteiger partial charge in [0.1, 0.15) is 24.7 Å². The Morgan fingerprint density at radius 3 is 1.85 bits per heavy atom. The highest BCUT2D eigenvalue weighted by molar-refractivity contribution is 5.98. The fraction of sp³-hybridized carbons (Fsp3) is 0.500. The Morgan fingerprint density at radius 2 is 1.32 bits per heavy atom. The normalized spacial score (nSPS) is 15.1. The molecule has 358 valence electrons. The number of nitrogens with zero attached hydrogens (tertiary/aromatic N) is 1. The zero-order chi connectivity index (χ0) is 49.3. The molecule has 5 atom stereocenters. The summed E-state index contributed by atoms with van der Waals surface area (Å²) in [6.07, 6.45) is 0.996. The first-order chi connectivity index (χ1) is 30.9. The molecule has 0 saturated heterocycles. The van der Waals surface area contributed by atoms with Crippen LogP contribution < -0.4 is 26.6 Å². The first-order valence-electron chi connectivity index (χ1n) is 22.9. The lowest BCUT2D eigenvalue weighted by molar-refractivity contribution is -0.141. The van der Waals surface area contributed by atoms with E-state index in [2.05, 4.69) is 38.7 Å². The van der Waals surface area contributed by atoms with Gasteiger partial charge in [-0.2, -0.15) is 0 Å². The monoisotopic (exact) mass is 909 g/mol. The van der Waals surface area contributed by atoms with Gasteiger partial charge in [-0.25, -0.2) is 9.59 Å². The van der Waals surface area contributed by atoms with Crippen LogP contribution in [0.15, 0.2) is 84.4 Å². The van der Waals surface area contributed by atoms with Gasteiger partial charge in [-0.1, -0.05) is 129 Å². The summed E-state index contributed by atoms with van der Waals surface area (Å²) in [4.78, 5) is 82.8. The maximum absolute atomic E-state index is 14.3. The highest BCUT2D eigenvalue weighted by Gasteiger charge is 2.42. The molecule has 0 aliphatic heterocycles. The number of anilines is 1. The number of nitrogens with one attached hydrogen (secondary N) is 5. The van der Waals surface area contributed by atoms with Gasteiger partial charge in [0.15, 0.2) is 0 Å². The van der Waals surface area contributed by atoms with Crippen LogP contribution in [0.5, 0.6) is 0 Å². The van der Waals surface area contributed by atoms with Crippen LogP contribution in [0.1, 0.15) is 106 Å². The minimum atomic E-state index is -0.986. The highest BCUT2D eigenvalue weighted by atomic mass is 16.5.